The standard InChI is InChI=1S/C20H20N4O2/c1-14-13-18(23-17-10-6-5-9-16(17)19(25)26)24-20(22-14)21-12-11-15-7-3-2-4-8-15/h2-10,13H,11-12H2,1H3,(H,25,26)(H2,21,22,23,24). The Bertz CT molecular complexity index is 897. The van der Waals surface area contributed by atoms with E-state index in [9.17, 15) is 9.90 Å². The summed E-state index contributed by atoms with van der Waals surface area (Å²) in [6, 6.07) is 18.7. The minimum absolute atomic E-state index is 0.197. The zero-order valence-corrected chi connectivity index (χ0v) is 14.4. The Morgan fingerprint density at radius 1 is 1.04 bits per heavy atom. The molecule has 3 aromatic rings. The monoisotopic (exact) mass is 348 g/mol. The van der Waals surface area contributed by atoms with Gasteiger partial charge in [-0.05, 0) is 31.0 Å². The molecule has 0 atom stereocenters. The van der Waals surface area contributed by atoms with Crippen LogP contribution in [0.25, 0.3) is 0 Å². The van der Waals surface area contributed by atoms with Crippen molar-refractivity contribution in [1.29, 1.82) is 0 Å². The smallest absolute Gasteiger partial charge is 0.337 e. The highest BCUT2D eigenvalue weighted by atomic mass is 16.4. The van der Waals surface area contributed by atoms with Gasteiger partial charge in [0.1, 0.15) is 5.82 Å². The number of aromatic nitrogens is 2. The first-order chi connectivity index (χ1) is 12.6. The molecule has 26 heavy (non-hydrogen) atoms. The summed E-state index contributed by atoms with van der Waals surface area (Å²) in [5, 5.41) is 15.6. The molecule has 0 bridgehead atoms. The summed E-state index contributed by atoms with van der Waals surface area (Å²) < 4.78 is 0. The first-order valence-corrected chi connectivity index (χ1v) is 8.34. The number of nitrogens with zero attached hydrogens (tertiary/aromatic N) is 2. The number of para-hydroxylation sites is 1. The molecule has 6 nitrogen and oxygen atoms in total. The van der Waals surface area contributed by atoms with Crippen LogP contribution in [0.4, 0.5) is 17.5 Å². The van der Waals surface area contributed by atoms with E-state index in [-0.39, 0.29) is 5.56 Å². The molecule has 132 valence electrons. The van der Waals surface area contributed by atoms with E-state index in [1.165, 1.54) is 5.56 Å². The number of anilines is 3. The van der Waals surface area contributed by atoms with Gasteiger partial charge in [0.25, 0.3) is 0 Å². The van der Waals surface area contributed by atoms with E-state index in [1.54, 1.807) is 30.3 Å². The summed E-state index contributed by atoms with van der Waals surface area (Å²) in [5.74, 6) is 0.0738. The van der Waals surface area contributed by atoms with Gasteiger partial charge in [-0.15, -0.1) is 0 Å². The number of hydrogen-bond donors (Lipinski definition) is 3. The van der Waals surface area contributed by atoms with Crippen LogP contribution in [0, 0.1) is 6.92 Å². The molecule has 0 aliphatic heterocycles. The van der Waals surface area contributed by atoms with E-state index in [0.717, 1.165) is 12.1 Å². The molecule has 0 saturated heterocycles. The van der Waals surface area contributed by atoms with Crippen molar-refractivity contribution in [2.24, 2.45) is 0 Å². The third kappa shape index (κ3) is 4.57. The number of benzene rings is 2. The van der Waals surface area contributed by atoms with Crippen LogP contribution in [-0.2, 0) is 6.42 Å². The van der Waals surface area contributed by atoms with Crippen LogP contribution in [0.1, 0.15) is 21.6 Å². The molecular formula is C20H20N4O2. The van der Waals surface area contributed by atoms with Crippen LogP contribution in [0.5, 0.6) is 0 Å². The van der Waals surface area contributed by atoms with Gasteiger partial charge in [-0.3, -0.25) is 0 Å². The minimum Gasteiger partial charge on any atom is -0.478 e. The lowest BCUT2D eigenvalue weighted by Crippen LogP contribution is -2.10. The third-order valence-electron chi connectivity index (χ3n) is 3.81. The van der Waals surface area contributed by atoms with E-state index in [2.05, 4.69) is 32.7 Å². The SMILES string of the molecule is Cc1cc(Nc2ccccc2C(=O)O)nc(NCCc2ccccc2)n1. The second-order valence-corrected chi connectivity index (χ2v) is 5.86. The normalized spacial score (nSPS) is 10.3. The lowest BCUT2D eigenvalue weighted by atomic mass is 10.1. The van der Waals surface area contributed by atoms with Crippen molar-refractivity contribution < 1.29 is 9.90 Å². The van der Waals surface area contributed by atoms with Crippen LogP contribution in [0.15, 0.2) is 60.7 Å². The Morgan fingerprint density at radius 2 is 1.77 bits per heavy atom. The maximum atomic E-state index is 11.3. The molecule has 3 rings (SSSR count). The Hall–Kier alpha value is -3.41. The van der Waals surface area contributed by atoms with Crippen LogP contribution in [-0.4, -0.2) is 27.6 Å². The lowest BCUT2D eigenvalue weighted by Gasteiger charge is -2.11. The fourth-order valence-electron chi connectivity index (χ4n) is 2.59. The van der Waals surface area contributed by atoms with Crippen molar-refractivity contribution >= 4 is 23.4 Å². The molecule has 0 saturated carbocycles. The van der Waals surface area contributed by atoms with Gasteiger partial charge in [-0.25, -0.2) is 9.78 Å². The highest BCUT2D eigenvalue weighted by Crippen LogP contribution is 2.21. The van der Waals surface area contributed by atoms with Crippen molar-refractivity contribution in [1.82, 2.24) is 9.97 Å². The van der Waals surface area contributed by atoms with Gasteiger partial charge in [0.05, 0.1) is 11.3 Å². The van der Waals surface area contributed by atoms with Gasteiger partial charge < -0.3 is 15.7 Å². The van der Waals surface area contributed by atoms with Crippen LogP contribution >= 0.6 is 0 Å². The molecule has 3 N–H and O–H groups in total. The second-order valence-electron chi connectivity index (χ2n) is 5.86. The molecule has 0 aliphatic carbocycles. The van der Waals surface area contributed by atoms with Crippen LogP contribution in [0.3, 0.4) is 0 Å². The van der Waals surface area contributed by atoms with Gasteiger partial charge in [0, 0.05) is 18.3 Å². The van der Waals surface area contributed by atoms with Crippen LogP contribution in [0.2, 0.25) is 0 Å². The van der Waals surface area contributed by atoms with Gasteiger partial charge in [0.2, 0.25) is 5.95 Å². The quantitative estimate of drug-likeness (QED) is 0.601. The predicted molar refractivity (Wildman–Crippen MR) is 102 cm³/mol. The molecule has 0 amide bonds. The summed E-state index contributed by atoms with van der Waals surface area (Å²) in [6.45, 7) is 2.58. The number of carboxylic acid groups (broad SMARTS) is 1. The number of rotatable bonds is 7. The van der Waals surface area contributed by atoms with Crippen molar-refractivity contribution in [3.05, 3.63) is 77.5 Å². The van der Waals surface area contributed by atoms with Crippen molar-refractivity contribution in [3.8, 4) is 0 Å². The molecule has 0 fully saturated rings. The maximum absolute atomic E-state index is 11.3. The molecule has 1 heterocycles. The topological polar surface area (TPSA) is 87.1 Å². The fourth-order valence-corrected chi connectivity index (χ4v) is 2.59. The Morgan fingerprint density at radius 3 is 2.54 bits per heavy atom. The first kappa shape index (κ1) is 17.4. The maximum Gasteiger partial charge on any atom is 0.337 e. The molecule has 6 heteroatoms. The Labute approximate surface area is 152 Å². The average Bonchev–Trinajstić information content (AvgIpc) is 2.62. The second kappa shape index (κ2) is 8.11. The number of carbonyl (C=O) groups is 1. The largest absolute Gasteiger partial charge is 0.478 e. The van der Waals surface area contributed by atoms with Gasteiger partial charge in [-0.1, -0.05) is 42.5 Å². The summed E-state index contributed by atoms with van der Waals surface area (Å²) in [7, 11) is 0. The number of hydrogen-bond acceptors (Lipinski definition) is 5. The van der Waals surface area contributed by atoms with Crippen LogP contribution < -0.4 is 10.6 Å². The predicted octanol–water partition coefficient (Wildman–Crippen LogP) is 3.88. The summed E-state index contributed by atoms with van der Waals surface area (Å²) in [5.41, 5.74) is 2.72. The van der Waals surface area contributed by atoms with Gasteiger partial charge >= 0.3 is 5.97 Å². The molecule has 2 aromatic carbocycles. The van der Waals surface area contributed by atoms with E-state index in [0.29, 0.717) is 24.0 Å². The first-order valence-electron chi connectivity index (χ1n) is 8.34. The number of nitrogens with one attached hydrogen (secondary N) is 2. The van der Waals surface area contributed by atoms with Gasteiger partial charge in [-0.2, -0.15) is 4.98 Å². The Kier molecular flexibility index (Phi) is 5.43. The summed E-state index contributed by atoms with van der Waals surface area (Å²) in [4.78, 5) is 20.2. The van der Waals surface area contributed by atoms with E-state index >= 15 is 0 Å². The van der Waals surface area contributed by atoms with E-state index < -0.39 is 5.97 Å². The van der Waals surface area contributed by atoms with Crippen molar-refractivity contribution in [3.63, 3.8) is 0 Å². The minimum atomic E-state index is -0.986. The third-order valence-corrected chi connectivity index (χ3v) is 3.81. The van der Waals surface area contributed by atoms with Crippen molar-refractivity contribution in [2.45, 2.75) is 13.3 Å². The summed E-state index contributed by atoms with van der Waals surface area (Å²) >= 11 is 0. The molecule has 0 aliphatic rings. The number of carboxylic acids is 1. The molecule has 0 unspecified atom stereocenters. The molecule has 0 radical (unpaired) electrons. The Balaban J connectivity index is 1.71. The lowest BCUT2D eigenvalue weighted by molar-refractivity contribution is 0.0698. The molecule has 0 spiro atoms. The number of aryl methyl sites for hydroxylation is 1. The number of aromatic carboxylic acids is 1. The highest BCUT2D eigenvalue weighted by Gasteiger charge is 2.10. The van der Waals surface area contributed by atoms with Gasteiger partial charge in [0.15, 0.2) is 0 Å². The average molecular weight is 348 g/mol. The van der Waals surface area contributed by atoms with Crippen molar-refractivity contribution in [2.75, 3.05) is 17.2 Å². The zero-order chi connectivity index (χ0) is 18.4. The fraction of sp³-hybridized carbons (Fsp3) is 0.150. The summed E-state index contributed by atoms with van der Waals surface area (Å²) in [6.07, 6.45) is 0.864. The molecular weight excluding hydrogens is 328 g/mol. The zero-order valence-electron chi connectivity index (χ0n) is 14.4. The van der Waals surface area contributed by atoms with E-state index in [4.69, 9.17) is 0 Å². The highest BCUT2D eigenvalue weighted by molar-refractivity contribution is 5.95. The molecule has 1 aromatic heterocycles. The van der Waals surface area contributed by atoms with E-state index in [1.807, 2.05) is 25.1 Å².